The van der Waals surface area contributed by atoms with E-state index in [0.717, 1.165) is 0 Å². The number of anilines is 2. The van der Waals surface area contributed by atoms with Gasteiger partial charge in [-0.15, -0.1) is 0 Å². The molecule has 0 aromatic heterocycles. The van der Waals surface area contributed by atoms with Crippen molar-refractivity contribution in [2.45, 2.75) is 13.0 Å². The molecule has 2 aromatic rings. The standard InChI is InChI=1S/C18H18N2O5/c1-10-17(21)20-14-8-11(4-7-15(14)25-10)18(22)19-13-6-5-12(23-2)9-16(13)24-3/h4-10H,1-3H3,(H,19,22)(H,20,21). The lowest BCUT2D eigenvalue weighted by Crippen LogP contribution is -2.34. The molecule has 0 saturated heterocycles. The van der Waals surface area contributed by atoms with Gasteiger partial charge < -0.3 is 24.8 Å². The number of amides is 2. The van der Waals surface area contributed by atoms with Gasteiger partial charge in [0.2, 0.25) is 0 Å². The second-order valence-electron chi connectivity index (χ2n) is 5.48. The summed E-state index contributed by atoms with van der Waals surface area (Å²) in [5, 5.41) is 5.50. The fourth-order valence-corrected chi connectivity index (χ4v) is 2.45. The molecule has 3 rings (SSSR count). The highest BCUT2D eigenvalue weighted by Crippen LogP contribution is 2.32. The van der Waals surface area contributed by atoms with Gasteiger partial charge in [-0.05, 0) is 37.3 Å². The molecule has 1 atom stereocenters. The fourth-order valence-electron chi connectivity index (χ4n) is 2.45. The number of hydrogen-bond donors (Lipinski definition) is 2. The Kier molecular flexibility index (Phi) is 4.47. The summed E-state index contributed by atoms with van der Waals surface area (Å²) in [5.74, 6) is 1.06. The van der Waals surface area contributed by atoms with Crippen molar-refractivity contribution in [3.63, 3.8) is 0 Å². The summed E-state index contributed by atoms with van der Waals surface area (Å²) < 4.78 is 15.9. The van der Waals surface area contributed by atoms with Gasteiger partial charge in [-0.25, -0.2) is 0 Å². The predicted molar refractivity (Wildman–Crippen MR) is 92.7 cm³/mol. The summed E-state index contributed by atoms with van der Waals surface area (Å²) in [4.78, 5) is 24.2. The van der Waals surface area contributed by atoms with Crippen molar-refractivity contribution >= 4 is 23.2 Å². The van der Waals surface area contributed by atoms with Crippen molar-refractivity contribution in [3.05, 3.63) is 42.0 Å². The average Bonchev–Trinajstić information content (AvgIpc) is 2.62. The third kappa shape index (κ3) is 3.35. The summed E-state index contributed by atoms with van der Waals surface area (Å²) in [5.41, 5.74) is 1.37. The molecule has 7 heteroatoms. The van der Waals surface area contributed by atoms with Crippen molar-refractivity contribution in [1.29, 1.82) is 0 Å². The Morgan fingerprint density at radius 1 is 1.16 bits per heavy atom. The van der Waals surface area contributed by atoms with Crippen LogP contribution < -0.4 is 24.8 Å². The van der Waals surface area contributed by atoms with E-state index >= 15 is 0 Å². The van der Waals surface area contributed by atoms with Gasteiger partial charge in [-0.3, -0.25) is 9.59 Å². The number of ether oxygens (including phenoxy) is 3. The minimum atomic E-state index is -0.560. The topological polar surface area (TPSA) is 85.9 Å². The molecule has 25 heavy (non-hydrogen) atoms. The molecule has 0 radical (unpaired) electrons. The molecule has 1 heterocycles. The Bertz CT molecular complexity index is 834. The number of rotatable bonds is 4. The third-order valence-electron chi connectivity index (χ3n) is 3.83. The molecule has 0 saturated carbocycles. The third-order valence-corrected chi connectivity index (χ3v) is 3.83. The molecule has 130 valence electrons. The number of carbonyl (C=O) groups is 2. The molecule has 2 aromatic carbocycles. The number of hydrogen-bond acceptors (Lipinski definition) is 5. The van der Waals surface area contributed by atoms with Crippen LogP contribution in [0, 0.1) is 0 Å². The summed E-state index contributed by atoms with van der Waals surface area (Å²) in [6.07, 6.45) is -0.560. The number of fused-ring (bicyclic) bond motifs is 1. The zero-order chi connectivity index (χ0) is 18.0. The minimum Gasteiger partial charge on any atom is -0.497 e. The lowest BCUT2D eigenvalue weighted by molar-refractivity contribution is -0.122. The average molecular weight is 342 g/mol. The Labute approximate surface area is 144 Å². The second kappa shape index (κ2) is 6.72. The fraction of sp³-hybridized carbons (Fsp3) is 0.222. The van der Waals surface area contributed by atoms with E-state index in [1.54, 1.807) is 50.4 Å². The molecule has 0 spiro atoms. The molecule has 2 amide bonds. The van der Waals surface area contributed by atoms with Crippen LogP contribution >= 0.6 is 0 Å². The zero-order valence-electron chi connectivity index (χ0n) is 14.1. The zero-order valence-corrected chi connectivity index (χ0v) is 14.1. The van der Waals surface area contributed by atoms with E-state index in [1.165, 1.54) is 7.11 Å². The Hall–Kier alpha value is -3.22. The first-order valence-corrected chi connectivity index (χ1v) is 7.66. The van der Waals surface area contributed by atoms with Crippen molar-refractivity contribution in [3.8, 4) is 17.2 Å². The Morgan fingerprint density at radius 3 is 2.68 bits per heavy atom. The number of methoxy groups -OCH3 is 2. The van der Waals surface area contributed by atoms with Gasteiger partial charge in [-0.1, -0.05) is 0 Å². The summed E-state index contributed by atoms with van der Waals surface area (Å²) in [6.45, 7) is 1.66. The Morgan fingerprint density at radius 2 is 1.96 bits per heavy atom. The van der Waals surface area contributed by atoms with Crippen LogP contribution in [0.15, 0.2) is 36.4 Å². The minimum absolute atomic E-state index is 0.248. The maximum atomic E-state index is 12.5. The van der Waals surface area contributed by atoms with Crippen LogP contribution in [0.4, 0.5) is 11.4 Å². The van der Waals surface area contributed by atoms with Gasteiger partial charge in [0.05, 0.1) is 25.6 Å². The van der Waals surface area contributed by atoms with Gasteiger partial charge in [-0.2, -0.15) is 0 Å². The van der Waals surface area contributed by atoms with Crippen LogP contribution in [0.25, 0.3) is 0 Å². The van der Waals surface area contributed by atoms with Crippen LogP contribution in [0.3, 0.4) is 0 Å². The highest BCUT2D eigenvalue weighted by molar-refractivity contribution is 6.07. The quantitative estimate of drug-likeness (QED) is 0.892. The van der Waals surface area contributed by atoms with Crippen LogP contribution in [0.5, 0.6) is 17.2 Å². The Balaban J connectivity index is 1.83. The molecule has 1 aliphatic rings. The smallest absolute Gasteiger partial charge is 0.265 e. The molecule has 1 aliphatic heterocycles. The summed E-state index contributed by atoms with van der Waals surface area (Å²) in [7, 11) is 3.06. The maximum absolute atomic E-state index is 12.5. The normalized spacial score (nSPS) is 15.5. The first-order chi connectivity index (χ1) is 12.0. The maximum Gasteiger partial charge on any atom is 0.265 e. The molecule has 1 unspecified atom stereocenters. The highest BCUT2D eigenvalue weighted by Gasteiger charge is 2.24. The van der Waals surface area contributed by atoms with Crippen LogP contribution in [0.1, 0.15) is 17.3 Å². The molecule has 0 bridgehead atoms. The molecular weight excluding hydrogens is 324 g/mol. The predicted octanol–water partition coefficient (Wildman–Crippen LogP) is 2.68. The van der Waals surface area contributed by atoms with E-state index in [9.17, 15) is 9.59 Å². The molecule has 2 N–H and O–H groups in total. The van der Waals surface area contributed by atoms with Gasteiger partial charge >= 0.3 is 0 Å². The summed E-state index contributed by atoms with van der Waals surface area (Å²) >= 11 is 0. The lowest BCUT2D eigenvalue weighted by Gasteiger charge is -2.23. The first kappa shape index (κ1) is 16.6. The van der Waals surface area contributed by atoms with Crippen molar-refractivity contribution < 1.29 is 23.8 Å². The van der Waals surface area contributed by atoms with Gasteiger partial charge in [0, 0.05) is 11.6 Å². The van der Waals surface area contributed by atoms with Crippen LogP contribution in [-0.4, -0.2) is 32.1 Å². The largest absolute Gasteiger partial charge is 0.497 e. The monoisotopic (exact) mass is 342 g/mol. The van der Waals surface area contributed by atoms with Gasteiger partial charge in [0.1, 0.15) is 17.2 Å². The van der Waals surface area contributed by atoms with Gasteiger partial charge in [0.25, 0.3) is 11.8 Å². The van der Waals surface area contributed by atoms with Crippen molar-refractivity contribution in [2.24, 2.45) is 0 Å². The van der Waals surface area contributed by atoms with E-state index in [4.69, 9.17) is 14.2 Å². The lowest BCUT2D eigenvalue weighted by atomic mass is 10.1. The SMILES string of the molecule is COc1ccc(NC(=O)c2ccc3c(c2)NC(=O)C(C)O3)c(OC)c1. The molecule has 0 aliphatic carbocycles. The number of carbonyl (C=O) groups excluding carboxylic acids is 2. The van der Waals surface area contributed by atoms with Crippen molar-refractivity contribution in [1.82, 2.24) is 0 Å². The first-order valence-electron chi connectivity index (χ1n) is 7.66. The van der Waals surface area contributed by atoms with Crippen LogP contribution in [0.2, 0.25) is 0 Å². The van der Waals surface area contributed by atoms with Gasteiger partial charge in [0.15, 0.2) is 6.10 Å². The van der Waals surface area contributed by atoms with Crippen LogP contribution in [-0.2, 0) is 4.79 Å². The van der Waals surface area contributed by atoms with E-state index in [1.807, 2.05) is 0 Å². The molecule has 0 fully saturated rings. The van der Waals surface area contributed by atoms with E-state index < -0.39 is 6.10 Å². The molecular formula is C18H18N2O5. The van der Waals surface area contributed by atoms with Crippen molar-refractivity contribution in [2.75, 3.05) is 24.9 Å². The second-order valence-corrected chi connectivity index (χ2v) is 5.48. The van der Waals surface area contributed by atoms with E-state index in [2.05, 4.69) is 10.6 Å². The summed E-state index contributed by atoms with van der Waals surface area (Å²) in [6, 6.07) is 9.96. The van der Waals surface area contributed by atoms with E-state index in [0.29, 0.717) is 34.2 Å². The molecule has 7 nitrogen and oxygen atoms in total. The number of benzene rings is 2. The highest BCUT2D eigenvalue weighted by atomic mass is 16.5. The van der Waals surface area contributed by atoms with E-state index in [-0.39, 0.29) is 11.8 Å². The number of nitrogens with one attached hydrogen (secondary N) is 2.